The molecule has 84 valence electrons. The van der Waals surface area contributed by atoms with Crippen LogP contribution in [-0.2, 0) is 0 Å². The fourth-order valence-electron chi connectivity index (χ4n) is 1.35. The highest BCUT2D eigenvalue weighted by atomic mass is 14.7. The van der Waals surface area contributed by atoms with Crippen LogP contribution in [0, 0.1) is 0 Å². The van der Waals surface area contributed by atoms with Crippen molar-refractivity contribution in [3.05, 3.63) is 35.5 Å². The van der Waals surface area contributed by atoms with Crippen molar-refractivity contribution >= 4 is 5.71 Å². The second kappa shape index (κ2) is 7.22. The van der Waals surface area contributed by atoms with Crippen LogP contribution in [0.1, 0.15) is 40.5 Å². The maximum atomic E-state index is 4.15. The van der Waals surface area contributed by atoms with Crippen LogP contribution in [0.2, 0.25) is 0 Å². The third-order valence-electron chi connectivity index (χ3n) is 2.52. The third kappa shape index (κ3) is 4.78. The van der Waals surface area contributed by atoms with Crippen LogP contribution in [0.4, 0.5) is 0 Å². The van der Waals surface area contributed by atoms with Crippen molar-refractivity contribution in [3.63, 3.8) is 0 Å². The lowest BCUT2D eigenvalue weighted by Crippen LogP contribution is -1.97. The minimum absolute atomic E-state index is 1.01. The molecule has 1 heteroatoms. The van der Waals surface area contributed by atoms with Crippen LogP contribution < -0.4 is 0 Å². The number of hydrogen-bond acceptors (Lipinski definition) is 1. The predicted molar refractivity (Wildman–Crippen MR) is 70.6 cm³/mol. The fourth-order valence-corrected chi connectivity index (χ4v) is 1.35. The van der Waals surface area contributed by atoms with Crippen LogP contribution in [0.25, 0.3) is 0 Å². The van der Waals surface area contributed by atoms with E-state index in [9.17, 15) is 0 Å². The minimum Gasteiger partial charge on any atom is -0.293 e. The van der Waals surface area contributed by atoms with Gasteiger partial charge in [0.1, 0.15) is 0 Å². The molecule has 0 aliphatic rings. The van der Waals surface area contributed by atoms with Gasteiger partial charge in [-0.3, -0.25) is 4.99 Å². The van der Waals surface area contributed by atoms with Crippen molar-refractivity contribution in [2.75, 3.05) is 7.05 Å². The Kier molecular flexibility index (Phi) is 6.68. The molecule has 1 nitrogen and oxygen atoms in total. The van der Waals surface area contributed by atoms with Gasteiger partial charge in [-0.1, -0.05) is 38.2 Å². The van der Waals surface area contributed by atoms with E-state index < -0.39 is 0 Å². The summed E-state index contributed by atoms with van der Waals surface area (Å²) in [6.45, 7) is 12.5. The summed E-state index contributed by atoms with van der Waals surface area (Å²) in [5.41, 5.74) is 4.63. The molecule has 0 unspecified atom stereocenters. The van der Waals surface area contributed by atoms with E-state index in [1.165, 1.54) is 11.1 Å². The first-order valence-corrected chi connectivity index (χ1v) is 5.57. The summed E-state index contributed by atoms with van der Waals surface area (Å²) < 4.78 is 0. The largest absolute Gasteiger partial charge is 0.293 e. The van der Waals surface area contributed by atoms with E-state index in [0.29, 0.717) is 0 Å². The molecule has 0 rings (SSSR count). The SMILES string of the molecule is C=C(/C(C)=C\C(=C/CC)CC)/C(C)=N\C. The summed E-state index contributed by atoms with van der Waals surface area (Å²) in [4.78, 5) is 4.15. The smallest absolute Gasteiger partial charge is 0.0382 e. The van der Waals surface area contributed by atoms with Crippen molar-refractivity contribution in [1.82, 2.24) is 0 Å². The molecule has 0 N–H and O–H groups in total. The zero-order chi connectivity index (χ0) is 11.8. The van der Waals surface area contributed by atoms with Gasteiger partial charge in [0.05, 0.1) is 0 Å². The molecule has 0 amide bonds. The number of rotatable bonds is 5. The lowest BCUT2D eigenvalue weighted by molar-refractivity contribution is 1.09. The fraction of sp³-hybridized carbons (Fsp3) is 0.500. The van der Waals surface area contributed by atoms with Gasteiger partial charge in [-0.05, 0) is 37.8 Å². The van der Waals surface area contributed by atoms with E-state index in [4.69, 9.17) is 0 Å². The van der Waals surface area contributed by atoms with Crippen molar-refractivity contribution < 1.29 is 0 Å². The molecule has 0 atom stereocenters. The van der Waals surface area contributed by atoms with Gasteiger partial charge in [0, 0.05) is 12.8 Å². The molecule has 0 aromatic carbocycles. The molecule has 0 aromatic heterocycles. The maximum absolute atomic E-state index is 4.15. The summed E-state index contributed by atoms with van der Waals surface area (Å²) in [6.07, 6.45) is 6.62. The Morgan fingerprint density at radius 1 is 1.27 bits per heavy atom. The Bertz CT molecular complexity index is 303. The quantitative estimate of drug-likeness (QED) is 0.468. The van der Waals surface area contributed by atoms with Gasteiger partial charge in [0.2, 0.25) is 0 Å². The Balaban J connectivity index is 4.83. The second-order valence-electron chi connectivity index (χ2n) is 3.66. The highest BCUT2D eigenvalue weighted by Crippen LogP contribution is 2.14. The number of allylic oxidation sites excluding steroid dienone is 5. The monoisotopic (exact) mass is 205 g/mol. The van der Waals surface area contributed by atoms with E-state index in [1.807, 2.05) is 6.92 Å². The van der Waals surface area contributed by atoms with E-state index in [-0.39, 0.29) is 0 Å². The average molecular weight is 205 g/mol. The van der Waals surface area contributed by atoms with Crippen LogP contribution >= 0.6 is 0 Å². The molecule has 0 fully saturated rings. The molecule has 0 aromatic rings. The molecule has 0 aliphatic carbocycles. The van der Waals surface area contributed by atoms with Crippen LogP contribution in [0.15, 0.2) is 40.4 Å². The summed E-state index contributed by atoms with van der Waals surface area (Å²) in [6, 6.07) is 0. The maximum Gasteiger partial charge on any atom is 0.0382 e. The normalized spacial score (nSPS) is 14.3. The highest BCUT2D eigenvalue weighted by Gasteiger charge is 2.00. The van der Waals surface area contributed by atoms with Gasteiger partial charge < -0.3 is 0 Å². The first-order chi connectivity index (χ1) is 7.06. The molecular formula is C14H23N. The van der Waals surface area contributed by atoms with Gasteiger partial charge in [-0.25, -0.2) is 0 Å². The number of hydrogen-bond donors (Lipinski definition) is 0. The van der Waals surface area contributed by atoms with E-state index in [1.54, 1.807) is 7.05 Å². The van der Waals surface area contributed by atoms with E-state index in [2.05, 4.69) is 44.5 Å². The van der Waals surface area contributed by atoms with Crippen LogP contribution in [-0.4, -0.2) is 12.8 Å². The Hall–Kier alpha value is -1.11. The molecule has 0 saturated heterocycles. The molecule has 0 bridgehead atoms. The molecular weight excluding hydrogens is 182 g/mol. The summed E-state index contributed by atoms with van der Waals surface area (Å²) >= 11 is 0. The average Bonchev–Trinajstić information content (AvgIpc) is 2.26. The van der Waals surface area contributed by atoms with Crippen molar-refractivity contribution in [2.45, 2.75) is 40.5 Å². The Labute approximate surface area is 94.3 Å². The van der Waals surface area contributed by atoms with Crippen molar-refractivity contribution in [3.8, 4) is 0 Å². The second-order valence-corrected chi connectivity index (χ2v) is 3.66. The lowest BCUT2D eigenvalue weighted by atomic mass is 10.0. The summed E-state index contributed by atoms with van der Waals surface area (Å²) in [5.74, 6) is 0. The molecule has 15 heavy (non-hydrogen) atoms. The molecule has 0 heterocycles. The Morgan fingerprint density at radius 3 is 2.27 bits per heavy atom. The first kappa shape index (κ1) is 13.9. The zero-order valence-electron chi connectivity index (χ0n) is 10.7. The van der Waals surface area contributed by atoms with E-state index >= 15 is 0 Å². The van der Waals surface area contributed by atoms with Gasteiger partial charge >= 0.3 is 0 Å². The first-order valence-electron chi connectivity index (χ1n) is 5.57. The van der Waals surface area contributed by atoms with Crippen molar-refractivity contribution in [2.24, 2.45) is 4.99 Å². The molecule has 0 radical (unpaired) electrons. The molecule has 0 spiro atoms. The van der Waals surface area contributed by atoms with Crippen molar-refractivity contribution in [1.29, 1.82) is 0 Å². The number of aliphatic imine (C=N–C) groups is 1. The van der Waals surface area contributed by atoms with Gasteiger partial charge in [-0.15, -0.1) is 0 Å². The lowest BCUT2D eigenvalue weighted by Gasteiger charge is -2.06. The van der Waals surface area contributed by atoms with Gasteiger partial charge in [-0.2, -0.15) is 0 Å². The zero-order valence-corrected chi connectivity index (χ0v) is 10.7. The van der Waals surface area contributed by atoms with Gasteiger partial charge in [0.25, 0.3) is 0 Å². The van der Waals surface area contributed by atoms with Gasteiger partial charge in [0.15, 0.2) is 0 Å². The Morgan fingerprint density at radius 2 is 1.87 bits per heavy atom. The van der Waals surface area contributed by atoms with Crippen LogP contribution in [0.5, 0.6) is 0 Å². The summed E-state index contributed by atoms with van der Waals surface area (Å²) in [5, 5.41) is 0. The van der Waals surface area contributed by atoms with Crippen LogP contribution in [0.3, 0.4) is 0 Å². The van der Waals surface area contributed by atoms with E-state index in [0.717, 1.165) is 24.1 Å². The predicted octanol–water partition coefficient (Wildman–Crippen LogP) is 4.33. The third-order valence-corrected chi connectivity index (χ3v) is 2.52. The minimum atomic E-state index is 1.01. The number of nitrogens with zero attached hydrogens (tertiary/aromatic N) is 1. The topological polar surface area (TPSA) is 12.4 Å². The standard InChI is InChI=1S/C14H23N/c1-7-9-14(8-2)10-11(3)12(4)13(5)15-6/h9-10H,4,7-8H2,1-3,5-6H3/b11-10-,14-9-,15-13-. The molecule has 0 aliphatic heterocycles. The summed E-state index contributed by atoms with van der Waals surface area (Å²) in [7, 11) is 1.80. The molecule has 0 saturated carbocycles. The highest BCUT2D eigenvalue weighted by molar-refractivity contribution is 6.01.